The minimum absolute atomic E-state index is 0.0150. The van der Waals surface area contributed by atoms with Crippen LogP contribution in [0.25, 0.3) is 0 Å². The van der Waals surface area contributed by atoms with Crippen molar-refractivity contribution in [2.24, 2.45) is 11.8 Å². The Labute approximate surface area is 83.3 Å². The maximum Gasteiger partial charge on any atom is 0.407 e. The lowest BCUT2D eigenvalue weighted by Crippen LogP contribution is -2.34. The summed E-state index contributed by atoms with van der Waals surface area (Å²) in [5.41, 5.74) is 0. The molecule has 0 aliphatic carbocycles. The van der Waals surface area contributed by atoms with E-state index in [2.05, 4.69) is 0 Å². The molecule has 80 valence electrons. The molecule has 2 atom stereocenters. The predicted octanol–water partition coefficient (Wildman–Crippen LogP) is 0.321. The highest BCUT2D eigenvalue weighted by atomic mass is 16.4. The molecule has 0 radical (unpaired) electrons. The third-order valence-electron chi connectivity index (χ3n) is 2.64. The molecular weight excluding hydrogens is 184 g/mol. The van der Waals surface area contributed by atoms with Crippen molar-refractivity contribution in [3.05, 3.63) is 0 Å². The number of amides is 2. The van der Waals surface area contributed by atoms with E-state index in [-0.39, 0.29) is 17.7 Å². The zero-order valence-corrected chi connectivity index (χ0v) is 8.73. The molecule has 0 saturated carbocycles. The highest BCUT2D eigenvalue weighted by Crippen LogP contribution is 2.24. The van der Waals surface area contributed by atoms with E-state index in [4.69, 9.17) is 5.11 Å². The third-order valence-corrected chi connectivity index (χ3v) is 2.64. The van der Waals surface area contributed by atoms with Gasteiger partial charge in [-0.05, 0) is 5.92 Å². The fourth-order valence-corrected chi connectivity index (χ4v) is 1.78. The smallest absolute Gasteiger partial charge is 0.407 e. The number of nitrogens with zero attached hydrogens (tertiary/aromatic N) is 2. The molecule has 0 aromatic rings. The molecular formula is C9H16N2O3. The molecule has 0 bridgehead atoms. The summed E-state index contributed by atoms with van der Waals surface area (Å²) in [6, 6.07) is 0. The van der Waals surface area contributed by atoms with Crippen molar-refractivity contribution in [2.45, 2.75) is 6.92 Å². The van der Waals surface area contributed by atoms with Crippen molar-refractivity contribution >= 4 is 12.0 Å². The lowest BCUT2D eigenvalue weighted by Gasteiger charge is -2.18. The van der Waals surface area contributed by atoms with E-state index in [0.717, 1.165) is 0 Å². The Balaban J connectivity index is 2.65. The zero-order valence-electron chi connectivity index (χ0n) is 8.73. The van der Waals surface area contributed by atoms with Crippen molar-refractivity contribution in [1.82, 2.24) is 9.80 Å². The van der Waals surface area contributed by atoms with Gasteiger partial charge in [0.05, 0.1) is 5.92 Å². The van der Waals surface area contributed by atoms with Gasteiger partial charge in [-0.25, -0.2) is 4.79 Å². The number of hydrogen-bond acceptors (Lipinski definition) is 2. The molecule has 1 rings (SSSR count). The number of carbonyl (C=O) groups is 2. The first-order valence-corrected chi connectivity index (χ1v) is 4.62. The maximum absolute atomic E-state index is 11.6. The van der Waals surface area contributed by atoms with Gasteiger partial charge in [0.1, 0.15) is 0 Å². The van der Waals surface area contributed by atoms with Crippen molar-refractivity contribution in [3.8, 4) is 0 Å². The van der Waals surface area contributed by atoms with Crippen molar-refractivity contribution in [3.63, 3.8) is 0 Å². The molecule has 0 aromatic heterocycles. The van der Waals surface area contributed by atoms with Gasteiger partial charge in [0, 0.05) is 27.2 Å². The summed E-state index contributed by atoms with van der Waals surface area (Å²) >= 11 is 0. The van der Waals surface area contributed by atoms with Crippen molar-refractivity contribution in [1.29, 1.82) is 0 Å². The predicted molar refractivity (Wildman–Crippen MR) is 50.9 cm³/mol. The fourth-order valence-electron chi connectivity index (χ4n) is 1.78. The van der Waals surface area contributed by atoms with Crippen LogP contribution in [0.15, 0.2) is 0 Å². The minimum atomic E-state index is -0.939. The van der Waals surface area contributed by atoms with Gasteiger partial charge in [0.15, 0.2) is 0 Å². The summed E-state index contributed by atoms with van der Waals surface area (Å²) in [7, 11) is 3.39. The number of carbonyl (C=O) groups excluding carboxylic acids is 1. The van der Waals surface area contributed by atoms with Crippen LogP contribution in [0.2, 0.25) is 0 Å². The van der Waals surface area contributed by atoms with Gasteiger partial charge >= 0.3 is 6.09 Å². The summed E-state index contributed by atoms with van der Waals surface area (Å²) in [4.78, 5) is 25.1. The number of likely N-dealkylation sites (tertiary alicyclic amines) is 1. The Morgan fingerprint density at radius 3 is 2.29 bits per heavy atom. The lowest BCUT2D eigenvalue weighted by molar-refractivity contribution is -0.133. The van der Waals surface area contributed by atoms with E-state index in [1.54, 1.807) is 14.1 Å². The van der Waals surface area contributed by atoms with E-state index in [1.807, 2.05) is 6.92 Å². The van der Waals surface area contributed by atoms with Crippen LogP contribution in [-0.2, 0) is 4.79 Å². The molecule has 14 heavy (non-hydrogen) atoms. The third kappa shape index (κ3) is 1.97. The quantitative estimate of drug-likeness (QED) is 0.663. The zero-order chi connectivity index (χ0) is 10.9. The van der Waals surface area contributed by atoms with E-state index >= 15 is 0 Å². The van der Waals surface area contributed by atoms with Gasteiger partial charge in [0.25, 0.3) is 0 Å². The van der Waals surface area contributed by atoms with Crippen LogP contribution in [0, 0.1) is 11.8 Å². The number of rotatable bonds is 1. The van der Waals surface area contributed by atoms with Crippen LogP contribution in [0.3, 0.4) is 0 Å². The first-order valence-electron chi connectivity index (χ1n) is 4.62. The van der Waals surface area contributed by atoms with Crippen LogP contribution in [-0.4, -0.2) is 54.1 Å². The van der Waals surface area contributed by atoms with E-state index in [1.165, 1.54) is 9.80 Å². The molecule has 1 N–H and O–H groups in total. The minimum Gasteiger partial charge on any atom is -0.465 e. The molecule has 2 unspecified atom stereocenters. The Kier molecular flexibility index (Phi) is 2.98. The topological polar surface area (TPSA) is 60.9 Å². The van der Waals surface area contributed by atoms with Crippen molar-refractivity contribution < 1.29 is 14.7 Å². The summed E-state index contributed by atoms with van der Waals surface area (Å²) in [6.45, 7) is 2.70. The molecule has 1 saturated heterocycles. The summed E-state index contributed by atoms with van der Waals surface area (Å²) in [5, 5.41) is 8.77. The second kappa shape index (κ2) is 3.86. The van der Waals surface area contributed by atoms with Crippen LogP contribution < -0.4 is 0 Å². The largest absolute Gasteiger partial charge is 0.465 e. The SMILES string of the molecule is CC1CN(C(=O)O)CC1C(=O)N(C)C. The van der Waals surface area contributed by atoms with E-state index in [9.17, 15) is 9.59 Å². The van der Waals surface area contributed by atoms with Crippen LogP contribution >= 0.6 is 0 Å². The monoisotopic (exact) mass is 200 g/mol. The van der Waals surface area contributed by atoms with E-state index in [0.29, 0.717) is 13.1 Å². The van der Waals surface area contributed by atoms with Crippen LogP contribution in [0.1, 0.15) is 6.92 Å². The first-order chi connectivity index (χ1) is 6.43. The Morgan fingerprint density at radius 1 is 1.36 bits per heavy atom. The van der Waals surface area contributed by atoms with Crippen LogP contribution in [0.5, 0.6) is 0 Å². The van der Waals surface area contributed by atoms with Gasteiger partial charge < -0.3 is 14.9 Å². The number of hydrogen-bond donors (Lipinski definition) is 1. The van der Waals surface area contributed by atoms with Gasteiger partial charge in [-0.15, -0.1) is 0 Å². The van der Waals surface area contributed by atoms with Crippen LogP contribution in [0.4, 0.5) is 4.79 Å². The van der Waals surface area contributed by atoms with Gasteiger partial charge in [-0.2, -0.15) is 0 Å². The average molecular weight is 200 g/mol. The Hall–Kier alpha value is -1.26. The van der Waals surface area contributed by atoms with Gasteiger partial charge in [0.2, 0.25) is 5.91 Å². The summed E-state index contributed by atoms with van der Waals surface area (Å²) in [5.74, 6) is -0.0525. The summed E-state index contributed by atoms with van der Waals surface area (Å²) < 4.78 is 0. The molecule has 5 nitrogen and oxygen atoms in total. The standard InChI is InChI=1S/C9H16N2O3/c1-6-4-11(9(13)14)5-7(6)8(12)10(2)3/h6-7H,4-5H2,1-3H3,(H,13,14). The normalized spacial score (nSPS) is 26.4. The lowest BCUT2D eigenvalue weighted by atomic mass is 9.97. The molecule has 1 aliphatic heterocycles. The number of carboxylic acid groups (broad SMARTS) is 1. The molecule has 2 amide bonds. The Morgan fingerprint density at radius 2 is 1.93 bits per heavy atom. The molecule has 1 fully saturated rings. The second-order valence-electron chi connectivity index (χ2n) is 4.00. The molecule has 1 aliphatic rings. The highest BCUT2D eigenvalue weighted by molar-refractivity contribution is 5.80. The van der Waals surface area contributed by atoms with E-state index < -0.39 is 6.09 Å². The Bertz CT molecular complexity index is 252. The second-order valence-corrected chi connectivity index (χ2v) is 4.00. The average Bonchev–Trinajstić information content (AvgIpc) is 2.46. The maximum atomic E-state index is 11.6. The molecule has 0 spiro atoms. The highest BCUT2D eigenvalue weighted by Gasteiger charge is 2.37. The van der Waals surface area contributed by atoms with Gasteiger partial charge in [-0.1, -0.05) is 6.92 Å². The first kappa shape index (κ1) is 10.8. The van der Waals surface area contributed by atoms with Gasteiger partial charge in [-0.3, -0.25) is 4.79 Å². The molecule has 1 heterocycles. The van der Waals surface area contributed by atoms with Crippen molar-refractivity contribution in [2.75, 3.05) is 27.2 Å². The molecule has 5 heteroatoms. The fraction of sp³-hybridized carbons (Fsp3) is 0.778. The summed E-state index contributed by atoms with van der Waals surface area (Å²) in [6.07, 6.45) is -0.939. The molecule has 0 aromatic carbocycles.